The molecule has 0 aliphatic carbocycles. The van der Waals surface area contributed by atoms with E-state index in [2.05, 4.69) is 17.4 Å². The molecule has 1 aromatic rings. The normalized spacial score (nSPS) is 9.31. The molecule has 13 heavy (non-hydrogen) atoms. The van der Waals surface area contributed by atoms with Crippen molar-refractivity contribution in [3.05, 3.63) is 30.3 Å². The van der Waals surface area contributed by atoms with Crippen LogP contribution in [0.15, 0.2) is 35.2 Å². The number of rotatable bonds is 1. The van der Waals surface area contributed by atoms with Crippen LogP contribution in [0.25, 0.3) is 0 Å². The van der Waals surface area contributed by atoms with Crippen molar-refractivity contribution in [1.29, 1.82) is 0 Å². The fourth-order valence-corrected chi connectivity index (χ4v) is 1.42. The highest BCUT2D eigenvalue weighted by molar-refractivity contribution is 8.13. The van der Waals surface area contributed by atoms with Crippen molar-refractivity contribution in [3.8, 4) is 0 Å². The molecule has 0 fully saturated rings. The number of hydrogen-bond acceptors (Lipinski definition) is 4. The van der Waals surface area contributed by atoms with E-state index < -0.39 is 10.6 Å². The third-order valence-corrected chi connectivity index (χ3v) is 1.96. The maximum absolute atomic E-state index is 10.9. The second-order valence-corrected chi connectivity index (χ2v) is 3.41. The van der Waals surface area contributed by atoms with E-state index in [0.717, 1.165) is 16.7 Å². The van der Waals surface area contributed by atoms with Gasteiger partial charge in [0.2, 0.25) is 0 Å². The van der Waals surface area contributed by atoms with Gasteiger partial charge in [-0.05, 0) is 23.9 Å². The SMILES string of the molecule is O=C(S)OC(=O)Sc1ccccc1. The molecule has 0 unspecified atom stereocenters. The Bertz CT molecular complexity index is 310. The van der Waals surface area contributed by atoms with E-state index >= 15 is 0 Å². The fourth-order valence-electron chi connectivity index (χ4n) is 0.677. The van der Waals surface area contributed by atoms with E-state index in [0.29, 0.717) is 0 Å². The molecule has 0 N–H and O–H groups in total. The largest absolute Gasteiger partial charge is 0.380 e. The van der Waals surface area contributed by atoms with E-state index in [4.69, 9.17) is 0 Å². The highest BCUT2D eigenvalue weighted by atomic mass is 32.2. The van der Waals surface area contributed by atoms with Crippen LogP contribution in [0.2, 0.25) is 0 Å². The Hall–Kier alpha value is -0.940. The minimum absolute atomic E-state index is 0.675. The predicted molar refractivity (Wildman–Crippen MR) is 53.2 cm³/mol. The number of carbonyl (C=O) groups excluding carboxylic acids is 2. The lowest BCUT2D eigenvalue weighted by atomic mass is 10.4. The van der Waals surface area contributed by atoms with Gasteiger partial charge in [-0.1, -0.05) is 30.8 Å². The van der Waals surface area contributed by atoms with Crippen molar-refractivity contribution < 1.29 is 14.3 Å². The Morgan fingerprint density at radius 2 is 1.85 bits per heavy atom. The summed E-state index contributed by atoms with van der Waals surface area (Å²) in [5.41, 5.74) is 0. The number of benzene rings is 1. The maximum atomic E-state index is 10.9. The lowest BCUT2D eigenvalue weighted by Crippen LogP contribution is -1.98. The zero-order chi connectivity index (χ0) is 9.68. The summed E-state index contributed by atoms with van der Waals surface area (Å²) < 4.78 is 4.20. The Balaban J connectivity index is 2.50. The molecular weight excluding hydrogens is 208 g/mol. The lowest BCUT2D eigenvalue weighted by Gasteiger charge is -1.97. The Kier molecular flexibility index (Phi) is 3.85. The number of ether oxygens (including phenoxy) is 1. The average Bonchev–Trinajstić information content (AvgIpc) is 2.04. The number of thioether (sulfide) groups is 1. The molecule has 3 nitrogen and oxygen atoms in total. The number of thiol groups is 1. The third kappa shape index (κ3) is 4.00. The zero-order valence-corrected chi connectivity index (χ0v) is 8.18. The molecule has 0 radical (unpaired) electrons. The Morgan fingerprint density at radius 3 is 2.38 bits per heavy atom. The molecule has 1 rings (SSSR count). The molecule has 68 valence electrons. The van der Waals surface area contributed by atoms with Gasteiger partial charge in [0.05, 0.1) is 0 Å². The van der Waals surface area contributed by atoms with Gasteiger partial charge in [0.25, 0.3) is 0 Å². The number of hydrogen-bond donors (Lipinski definition) is 1. The molecule has 0 heterocycles. The zero-order valence-electron chi connectivity index (χ0n) is 6.47. The van der Waals surface area contributed by atoms with Gasteiger partial charge >= 0.3 is 10.6 Å². The first-order valence-electron chi connectivity index (χ1n) is 3.36. The van der Waals surface area contributed by atoms with Crippen LogP contribution in [0, 0.1) is 0 Å². The second kappa shape index (κ2) is 4.94. The van der Waals surface area contributed by atoms with Gasteiger partial charge in [-0.3, -0.25) is 0 Å². The first kappa shape index (κ1) is 10.1. The minimum atomic E-state index is -0.895. The van der Waals surface area contributed by atoms with Gasteiger partial charge in [-0.2, -0.15) is 0 Å². The van der Waals surface area contributed by atoms with E-state index in [1.165, 1.54) is 0 Å². The van der Waals surface area contributed by atoms with E-state index in [1.807, 2.05) is 6.07 Å². The standard InChI is InChI=1S/C8H6O3S2/c9-7(12)11-8(10)13-6-4-2-1-3-5-6/h1-5H,(H,9,12). The lowest BCUT2D eigenvalue weighted by molar-refractivity contribution is 0.187. The summed E-state index contributed by atoms with van der Waals surface area (Å²) in [4.78, 5) is 21.9. The van der Waals surface area contributed by atoms with Crippen molar-refractivity contribution >= 4 is 35.0 Å². The summed E-state index contributed by atoms with van der Waals surface area (Å²) in [6.07, 6.45) is 0. The van der Waals surface area contributed by atoms with Crippen LogP contribution in [-0.2, 0) is 4.74 Å². The summed E-state index contributed by atoms with van der Waals surface area (Å²) in [7, 11) is 0. The molecule has 0 aliphatic heterocycles. The van der Waals surface area contributed by atoms with Gasteiger partial charge in [0, 0.05) is 4.90 Å². The molecule has 1 aromatic carbocycles. The molecule has 5 heteroatoms. The highest BCUT2D eigenvalue weighted by Gasteiger charge is 2.07. The van der Waals surface area contributed by atoms with Crippen molar-refractivity contribution in [1.82, 2.24) is 0 Å². The molecular formula is C8H6O3S2. The maximum Gasteiger partial charge on any atom is 0.380 e. The molecule has 0 saturated heterocycles. The molecule has 0 aromatic heterocycles. The van der Waals surface area contributed by atoms with Crippen LogP contribution in [0.3, 0.4) is 0 Å². The van der Waals surface area contributed by atoms with Gasteiger partial charge in [-0.15, -0.1) is 0 Å². The third-order valence-electron chi connectivity index (χ3n) is 1.12. The summed E-state index contributed by atoms with van der Waals surface area (Å²) >= 11 is 4.15. The van der Waals surface area contributed by atoms with Gasteiger partial charge in [0.1, 0.15) is 0 Å². The predicted octanol–water partition coefficient (Wildman–Crippen LogP) is 2.97. The van der Waals surface area contributed by atoms with Gasteiger partial charge < -0.3 is 4.74 Å². The van der Waals surface area contributed by atoms with Crippen LogP contribution in [-0.4, -0.2) is 10.6 Å². The molecule has 0 amide bonds. The number of carbonyl (C=O) groups is 2. The van der Waals surface area contributed by atoms with Crippen LogP contribution in [0.1, 0.15) is 0 Å². The van der Waals surface area contributed by atoms with Gasteiger partial charge in [-0.25, -0.2) is 9.59 Å². The molecule has 0 saturated carbocycles. The van der Waals surface area contributed by atoms with Crippen molar-refractivity contribution in [2.24, 2.45) is 0 Å². The van der Waals surface area contributed by atoms with Crippen molar-refractivity contribution in [2.45, 2.75) is 4.90 Å². The van der Waals surface area contributed by atoms with Crippen molar-refractivity contribution in [2.75, 3.05) is 0 Å². The first-order valence-corrected chi connectivity index (χ1v) is 4.62. The molecule has 0 aliphatic rings. The van der Waals surface area contributed by atoms with Crippen molar-refractivity contribution in [3.63, 3.8) is 0 Å². The second-order valence-electron chi connectivity index (χ2n) is 2.03. The van der Waals surface area contributed by atoms with Crippen LogP contribution >= 0.6 is 24.4 Å². The topological polar surface area (TPSA) is 43.4 Å². The monoisotopic (exact) mass is 214 g/mol. The van der Waals surface area contributed by atoms with E-state index in [9.17, 15) is 9.59 Å². The van der Waals surface area contributed by atoms with Crippen LogP contribution < -0.4 is 0 Å². The smallest absolute Gasteiger partial charge is 0.376 e. The minimum Gasteiger partial charge on any atom is -0.376 e. The summed E-state index contributed by atoms with van der Waals surface area (Å²) in [5.74, 6) is 0. The molecule has 0 atom stereocenters. The average molecular weight is 214 g/mol. The summed E-state index contributed by atoms with van der Waals surface area (Å²) in [5, 5.41) is -1.57. The van der Waals surface area contributed by atoms with Crippen LogP contribution in [0.4, 0.5) is 9.59 Å². The van der Waals surface area contributed by atoms with E-state index in [-0.39, 0.29) is 0 Å². The highest BCUT2D eigenvalue weighted by Crippen LogP contribution is 2.19. The quantitative estimate of drug-likeness (QED) is 0.338. The molecule has 0 spiro atoms. The summed E-state index contributed by atoms with van der Waals surface area (Å²) in [6, 6.07) is 8.90. The summed E-state index contributed by atoms with van der Waals surface area (Å²) in [6.45, 7) is 0. The van der Waals surface area contributed by atoms with Crippen LogP contribution in [0.5, 0.6) is 0 Å². The Morgan fingerprint density at radius 1 is 1.23 bits per heavy atom. The first-order chi connectivity index (χ1) is 6.18. The molecule has 0 bridgehead atoms. The van der Waals surface area contributed by atoms with Gasteiger partial charge in [0.15, 0.2) is 0 Å². The Labute approximate surface area is 84.9 Å². The van der Waals surface area contributed by atoms with E-state index in [1.54, 1.807) is 24.3 Å². The fraction of sp³-hybridized carbons (Fsp3) is 0.